The average molecular weight is 574 g/mol. The van der Waals surface area contributed by atoms with Crippen molar-refractivity contribution in [3.05, 3.63) is 29.8 Å². The van der Waals surface area contributed by atoms with Crippen LogP contribution in [0, 0.1) is 5.92 Å². The normalized spacial score (nSPS) is 22.3. The molecule has 226 valence electrons. The highest BCUT2D eigenvalue weighted by Crippen LogP contribution is 2.29. The number of amides is 5. The van der Waals surface area contributed by atoms with Gasteiger partial charge in [-0.2, -0.15) is 0 Å². The van der Waals surface area contributed by atoms with Crippen LogP contribution in [0.1, 0.15) is 69.2 Å². The van der Waals surface area contributed by atoms with Gasteiger partial charge in [0.15, 0.2) is 0 Å². The molecule has 2 atom stereocenters. The van der Waals surface area contributed by atoms with Crippen molar-refractivity contribution in [3.63, 3.8) is 0 Å². The van der Waals surface area contributed by atoms with Crippen molar-refractivity contribution in [2.75, 3.05) is 33.4 Å². The van der Waals surface area contributed by atoms with Crippen molar-refractivity contribution < 1.29 is 33.4 Å². The number of carbonyl (C=O) groups is 5. The molecule has 1 heterocycles. The van der Waals surface area contributed by atoms with Crippen molar-refractivity contribution in [1.82, 2.24) is 26.6 Å². The Hall–Kier alpha value is -3.67. The van der Waals surface area contributed by atoms with E-state index >= 15 is 0 Å². The molecule has 0 aromatic heterocycles. The van der Waals surface area contributed by atoms with E-state index < -0.39 is 41.3 Å². The van der Waals surface area contributed by atoms with E-state index in [1.807, 2.05) is 13.8 Å². The summed E-state index contributed by atoms with van der Waals surface area (Å²) in [6, 6.07) is 4.50. The van der Waals surface area contributed by atoms with Crippen molar-refractivity contribution in [2.24, 2.45) is 5.92 Å². The van der Waals surface area contributed by atoms with Gasteiger partial charge in [-0.15, -0.1) is 0 Å². The van der Waals surface area contributed by atoms with E-state index in [-0.39, 0.29) is 42.7 Å². The predicted molar refractivity (Wildman–Crippen MR) is 151 cm³/mol. The molecule has 5 amide bonds. The van der Waals surface area contributed by atoms with Crippen LogP contribution in [0.2, 0.25) is 0 Å². The Kier molecular flexibility index (Phi) is 11.9. The summed E-state index contributed by atoms with van der Waals surface area (Å²) in [5, 5.41) is 14.0. The van der Waals surface area contributed by atoms with E-state index in [1.165, 1.54) is 0 Å². The van der Waals surface area contributed by atoms with E-state index in [9.17, 15) is 24.0 Å². The minimum atomic E-state index is -1.23. The molecule has 1 saturated carbocycles. The van der Waals surface area contributed by atoms with Gasteiger partial charge in [-0.1, -0.05) is 45.2 Å². The van der Waals surface area contributed by atoms with Gasteiger partial charge < -0.3 is 36.1 Å². The smallest absolute Gasteiger partial charge is 0.255 e. The molecule has 1 aromatic carbocycles. The molecule has 12 heteroatoms. The molecule has 0 radical (unpaired) electrons. The van der Waals surface area contributed by atoms with E-state index in [4.69, 9.17) is 9.47 Å². The lowest BCUT2D eigenvalue weighted by Gasteiger charge is -2.38. The monoisotopic (exact) mass is 573 g/mol. The first-order valence-corrected chi connectivity index (χ1v) is 14.4. The molecule has 1 aliphatic heterocycles. The van der Waals surface area contributed by atoms with Crippen molar-refractivity contribution in [3.8, 4) is 5.75 Å². The Labute approximate surface area is 241 Å². The van der Waals surface area contributed by atoms with Gasteiger partial charge in [0.1, 0.15) is 30.0 Å². The minimum absolute atomic E-state index is 0.0716. The number of methoxy groups -OCH3 is 1. The highest BCUT2D eigenvalue weighted by atomic mass is 16.5. The number of benzene rings is 1. The predicted octanol–water partition coefficient (Wildman–Crippen LogP) is 0.796. The van der Waals surface area contributed by atoms with E-state index in [0.29, 0.717) is 32.4 Å². The molecular weight excluding hydrogens is 530 g/mol. The second-order valence-electron chi connectivity index (χ2n) is 10.9. The standard InChI is InChI=1S/C29H43N5O7/c1-19(2)24-27(38)31-15-17-41-22-11-6-5-10-20(22)25(36)32-21(26(37)30-14-9-16-40-3)18-23(35)34-29(28(39)33-24)12-7-4-8-13-29/h5-6,10-11,19,21,24H,4,7-9,12-18H2,1-3H3,(H,30,37)(H,31,38)(H,32,36)(H,33,39)(H,34,35)/t21-,24+/m0/s1. The third-order valence-electron chi connectivity index (χ3n) is 7.38. The maximum atomic E-state index is 13.7. The largest absolute Gasteiger partial charge is 0.491 e. The number of hydrogen-bond donors (Lipinski definition) is 5. The van der Waals surface area contributed by atoms with Crippen molar-refractivity contribution >= 4 is 29.5 Å². The summed E-state index contributed by atoms with van der Waals surface area (Å²) < 4.78 is 10.8. The summed E-state index contributed by atoms with van der Waals surface area (Å²) in [5.74, 6) is -2.43. The lowest BCUT2D eigenvalue weighted by Crippen LogP contribution is -2.64. The first-order valence-electron chi connectivity index (χ1n) is 14.4. The Morgan fingerprint density at radius 2 is 1.83 bits per heavy atom. The number of ether oxygens (including phenoxy) is 2. The number of rotatable bonds is 6. The second-order valence-corrected chi connectivity index (χ2v) is 10.9. The Bertz CT molecular complexity index is 1090. The summed E-state index contributed by atoms with van der Waals surface area (Å²) in [6.07, 6.45) is 3.34. The molecule has 1 aliphatic carbocycles. The summed E-state index contributed by atoms with van der Waals surface area (Å²) >= 11 is 0. The summed E-state index contributed by atoms with van der Waals surface area (Å²) in [4.78, 5) is 66.6. The molecule has 1 fully saturated rings. The van der Waals surface area contributed by atoms with Gasteiger partial charge in [0, 0.05) is 20.3 Å². The van der Waals surface area contributed by atoms with E-state index in [0.717, 1.165) is 19.3 Å². The quantitative estimate of drug-likeness (QED) is 0.314. The zero-order chi connectivity index (χ0) is 29.8. The topological polar surface area (TPSA) is 164 Å². The van der Waals surface area contributed by atoms with Gasteiger partial charge in [-0.3, -0.25) is 24.0 Å². The van der Waals surface area contributed by atoms with Crippen LogP contribution in [0.3, 0.4) is 0 Å². The van der Waals surface area contributed by atoms with Crippen LogP contribution in [-0.2, 0) is 23.9 Å². The maximum absolute atomic E-state index is 13.7. The van der Waals surface area contributed by atoms with Gasteiger partial charge in [0.05, 0.1) is 18.5 Å². The SMILES string of the molecule is COCCCNC(=O)[C@@H]1CC(=O)NC2(CCCCC2)C(=O)N[C@H](C(C)C)C(=O)NCCOc2ccccc2C(=O)N1. The molecule has 1 spiro atoms. The second kappa shape index (κ2) is 15.4. The number of carbonyl (C=O) groups excluding carboxylic acids is 5. The first kappa shape index (κ1) is 31.9. The van der Waals surface area contributed by atoms with Crippen LogP contribution >= 0.6 is 0 Å². The van der Waals surface area contributed by atoms with Gasteiger partial charge in [0.2, 0.25) is 23.6 Å². The molecule has 12 nitrogen and oxygen atoms in total. The molecule has 41 heavy (non-hydrogen) atoms. The van der Waals surface area contributed by atoms with Crippen molar-refractivity contribution in [2.45, 2.75) is 76.4 Å². The van der Waals surface area contributed by atoms with Gasteiger partial charge in [-0.05, 0) is 37.3 Å². The van der Waals surface area contributed by atoms with Gasteiger partial charge in [0.25, 0.3) is 5.91 Å². The fraction of sp³-hybridized carbons (Fsp3) is 0.621. The van der Waals surface area contributed by atoms with Crippen LogP contribution in [0.4, 0.5) is 0 Å². The molecule has 0 saturated heterocycles. The van der Waals surface area contributed by atoms with Crippen LogP contribution in [0.25, 0.3) is 0 Å². The molecule has 5 N–H and O–H groups in total. The number of fused-ring (bicyclic) bond motifs is 1. The fourth-order valence-electron chi connectivity index (χ4n) is 5.10. The zero-order valence-corrected chi connectivity index (χ0v) is 24.2. The molecule has 0 bridgehead atoms. The minimum Gasteiger partial charge on any atom is -0.491 e. The average Bonchev–Trinajstić information content (AvgIpc) is 2.95. The van der Waals surface area contributed by atoms with E-state index in [1.54, 1.807) is 31.4 Å². The molecule has 0 unspecified atom stereocenters. The van der Waals surface area contributed by atoms with Crippen LogP contribution < -0.4 is 31.3 Å². The Morgan fingerprint density at radius 3 is 2.54 bits per heavy atom. The van der Waals surface area contributed by atoms with Gasteiger partial charge in [-0.25, -0.2) is 0 Å². The van der Waals surface area contributed by atoms with Gasteiger partial charge >= 0.3 is 0 Å². The Morgan fingerprint density at radius 1 is 1.10 bits per heavy atom. The summed E-state index contributed by atoms with van der Waals surface area (Å²) in [7, 11) is 1.56. The molecule has 2 aliphatic rings. The molecule has 3 rings (SSSR count). The van der Waals surface area contributed by atoms with Crippen LogP contribution in [0.15, 0.2) is 24.3 Å². The third-order valence-corrected chi connectivity index (χ3v) is 7.38. The fourth-order valence-corrected chi connectivity index (χ4v) is 5.10. The summed E-state index contributed by atoms with van der Waals surface area (Å²) in [5.41, 5.74) is -1.04. The maximum Gasteiger partial charge on any atom is 0.255 e. The van der Waals surface area contributed by atoms with Crippen molar-refractivity contribution in [1.29, 1.82) is 0 Å². The highest BCUT2D eigenvalue weighted by molar-refractivity contribution is 6.01. The highest BCUT2D eigenvalue weighted by Gasteiger charge is 2.43. The number of nitrogens with one attached hydrogen (secondary N) is 5. The lowest BCUT2D eigenvalue weighted by atomic mass is 9.80. The zero-order valence-electron chi connectivity index (χ0n) is 24.2. The molecule has 1 aromatic rings. The number of hydrogen-bond acceptors (Lipinski definition) is 7. The third kappa shape index (κ3) is 8.91. The lowest BCUT2D eigenvalue weighted by molar-refractivity contribution is -0.138. The van der Waals surface area contributed by atoms with E-state index in [2.05, 4.69) is 26.6 Å². The van der Waals surface area contributed by atoms with Crippen LogP contribution in [-0.4, -0.2) is 80.6 Å². The molecular formula is C29H43N5O7. The Balaban J connectivity index is 1.93. The first-order chi connectivity index (χ1) is 19.7. The number of para-hydroxylation sites is 1. The summed E-state index contributed by atoms with van der Waals surface area (Å²) in [6.45, 7) is 4.61. The van der Waals surface area contributed by atoms with Crippen LogP contribution in [0.5, 0.6) is 5.75 Å².